The van der Waals surface area contributed by atoms with Crippen LogP contribution in [-0.2, 0) is 6.42 Å². The molecular formula is C11H15N3S2. The molecule has 0 aromatic carbocycles. The SMILES string of the molecule is NC(CNCCc1nccs1)c1cccs1. The van der Waals surface area contributed by atoms with Crippen LogP contribution in [0.3, 0.4) is 0 Å². The van der Waals surface area contributed by atoms with Gasteiger partial charge in [0.1, 0.15) is 0 Å². The summed E-state index contributed by atoms with van der Waals surface area (Å²) < 4.78 is 0. The van der Waals surface area contributed by atoms with Gasteiger partial charge in [0.2, 0.25) is 0 Å². The van der Waals surface area contributed by atoms with Crippen molar-refractivity contribution < 1.29 is 0 Å². The molecule has 0 aliphatic heterocycles. The van der Waals surface area contributed by atoms with Crippen molar-refractivity contribution in [3.63, 3.8) is 0 Å². The van der Waals surface area contributed by atoms with Crippen LogP contribution in [0.25, 0.3) is 0 Å². The van der Waals surface area contributed by atoms with Crippen LogP contribution >= 0.6 is 22.7 Å². The molecule has 3 nitrogen and oxygen atoms in total. The van der Waals surface area contributed by atoms with Gasteiger partial charge in [-0.15, -0.1) is 22.7 Å². The van der Waals surface area contributed by atoms with Crippen molar-refractivity contribution in [3.8, 4) is 0 Å². The van der Waals surface area contributed by atoms with Crippen LogP contribution in [0, 0.1) is 0 Å². The predicted molar refractivity (Wildman–Crippen MR) is 69.9 cm³/mol. The topological polar surface area (TPSA) is 50.9 Å². The van der Waals surface area contributed by atoms with E-state index in [0.717, 1.165) is 19.5 Å². The van der Waals surface area contributed by atoms with Gasteiger partial charge in [-0.2, -0.15) is 0 Å². The number of nitrogens with two attached hydrogens (primary N) is 1. The molecule has 0 fully saturated rings. The lowest BCUT2D eigenvalue weighted by molar-refractivity contribution is 0.604. The average molecular weight is 253 g/mol. The van der Waals surface area contributed by atoms with Gasteiger partial charge in [0.15, 0.2) is 0 Å². The Kier molecular flexibility index (Phi) is 4.47. The van der Waals surface area contributed by atoms with Crippen molar-refractivity contribution in [1.29, 1.82) is 0 Å². The summed E-state index contributed by atoms with van der Waals surface area (Å²) in [6, 6.07) is 4.23. The van der Waals surface area contributed by atoms with Crippen LogP contribution in [0.15, 0.2) is 29.1 Å². The van der Waals surface area contributed by atoms with Crippen molar-refractivity contribution in [2.24, 2.45) is 5.73 Å². The third-order valence-corrected chi connectivity index (χ3v) is 4.12. The predicted octanol–water partition coefficient (Wildman–Crippen LogP) is 2.04. The Morgan fingerprint density at radius 1 is 1.38 bits per heavy atom. The van der Waals surface area contributed by atoms with Gasteiger partial charge in [-0.25, -0.2) is 4.98 Å². The lowest BCUT2D eigenvalue weighted by Gasteiger charge is -2.10. The van der Waals surface area contributed by atoms with Crippen LogP contribution in [0.1, 0.15) is 15.9 Å². The molecule has 2 rings (SSSR count). The summed E-state index contributed by atoms with van der Waals surface area (Å²) in [6.45, 7) is 1.76. The van der Waals surface area contributed by atoms with Crippen LogP contribution in [0.4, 0.5) is 0 Å². The maximum Gasteiger partial charge on any atom is 0.0937 e. The summed E-state index contributed by atoms with van der Waals surface area (Å²) in [6.07, 6.45) is 2.83. The molecule has 0 aliphatic carbocycles. The monoisotopic (exact) mass is 253 g/mol. The van der Waals surface area contributed by atoms with E-state index in [1.54, 1.807) is 22.7 Å². The standard InChI is InChI=1S/C11H15N3S2/c12-9(10-2-1-6-15-10)8-13-4-3-11-14-5-7-16-11/h1-2,5-7,9,13H,3-4,8,12H2. The van der Waals surface area contributed by atoms with Crippen LogP contribution in [-0.4, -0.2) is 18.1 Å². The van der Waals surface area contributed by atoms with Gasteiger partial charge >= 0.3 is 0 Å². The van der Waals surface area contributed by atoms with Crippen LogP contribution in [0.2, 0.25) is 0 Å². The summed E-state index contributed by atoms with van der Waals surface area (Å²) in [5.74, 6) is 0. The van der Waals surface area contributed by atoms with E-state index < -0.39 is 0 Å². The zero-order chi connectivity index (χ0) is 11.2. The molecule has 86 valence electrons. The molecule has 1 unspecified atom stereocenters. The zero-order valence-corrected chi connectivity index (χ0v) is 10.6. The highest BCUT2D eigenvalue weighted by Gasteiger charge is 2.05. The van der Waals surface area contributed by atoms with Gasteiger partial charge in [0.25, 0.3) is 0 Å². The van der Waals surface area contributed by atoms with E-state index in [2.05, 4.69) is 21.7 Å². The van der Waals surface area contributed by atoms with E-state index in [1.165, 1.54) is 9.88 Å². The van der Waals surface area contributed by atoms with Crippen molar-refractivity contribution >= 4 is 22.7 Å². The summed E-state index contributed by atoms with van der Waals surface area (Å²) in [4.78, 5) is 5.47. The second-order valence-electron chi connectivity index (χ2n) is 3.50. The molecule has 0 amide bonds. The van der Waals surface area contributed by atoms with Crippen molar-refractivity contribution in [1.82, 2.24) is 10.3 Å². The first-order valence-electron chi connectivity index (χ1n) is 5.24. The summed E-state index contributed by atoms with van der Waals surface area (Å²) >= 11 is 3.41. The highest BCUT2D eigenvalue weighted by molar-refractivity contribution is 7.10. The first-order chi connectivity index (χ1) is 7.86. The summed E-state index contributed by atoms with van der Waals surface area (Å²) in [5, 5.41) is 8.60. The Labute approximate surface area is 103 Å². The van der Waals surface area contributed by atoms with Crippen LogP contribution < -0.4 is 11.1 Å². The number of rotatable bonds is 6. The third kappa shape index (κ3) is 3.38. The van der Waals surface area contributed by atoms with Gasteiger partial charge in [0, 0.05) is 36.0 Å². The zero-order valence-electron chi connectivity index (χ0n) is 8.93. The Morgan fingerprint density at radius 3 is 3.00 bits per heavy atom. The molecule has 2 heterocycles. The van der Waals surface area contributed by atoms with E-state index in [4.69, 9.17) is 5.73 Å². The molecule has 3 N–H and O–H groups in total. The van der Waals surface area contributed by atoms with Gasteiger partial charge in [-0.3, -0.25) is 0 Å². The number of nitrogens with one attached hydrogen (secondary N) is 1. The molecule has 0 saturated heterocycles. The quantitative estimate of drug-likeness (QED) is 0.775. The van der Waals surface area contributed by atoms with Crippen LogP contribution in [0.5, 0.6) is 0 Å². The maximum atomic E-state index is 6.03. The second kappa shape index (κ2) is 6.10. The molecule has 0 saturated carbocycles. The first kappa shape index (κ1) is 11.7. The molecule has 5 heteroatoms. The van der Waals surface area contributed by atoms with E-state index in [1.807, 2.05) is 17.6 Å². The number of hydrogen-bond acceptors (Lipinski definition) is 5. The summed E-state index contributed by atoms with van der Waals surface area (Å²) in [7, 11) is 0. The second-order valence-corrected chi connectivity index (χ2v) is 5.46. The number of aromatic nitrogens is 1. The van der Waals surface area contributed by atoms with Crippen molar-refractivity contribution in [2.75, 3.05) is 13.1 Å². The van der Waals surface area contributed by atoms with E-state index >= 15 is 0 Å². The fourth-order valence-electron chi connectivity index (χ4n) is 1.43. The van der Waals surface area contributed by atoms with E-state index in [9.17, 15) is 0 Å². The molecular weight excluding hydrogens is 238 g/mol. The Hall–Kier alpha value is -0.750. The normalized spacial score (nSPS) is 12.8. The Balaban J connectivity index is 1.65. The minimum absolute atomic E-state index is 0.108. The third-order valence-electron chi connectivity index (χ3n) is 2.27. The molecule has 0 bridgehead atoms. The number of thiazole rings is 1. The van der Waals surface area contributed by atoms with Crippen molar-refractivity contribution in [2.45, 2.75) is 12.5 Å². The molecule has 0 aliphatic rings. The minimum Gasteiger partial charge on any atom is -0.322 e. The van der Waals surface area contributed by atoms with Gasteiger partial charge in [-0.05, 0) is 11.4 Å². The molecule has 2 aromatic heterocycles. The smallest absolute Gasteiger partial charge is 0.0937 e. The lowest BCUT2D eigenvalue weighted by atomic mass is 10.2. The molecule has 16 heavy (non-hydrogen) atoms. The largest absolute Gasteiger partial charge is 0.322 e. The average Bonchev–Trinajstić information content (AvgIpc) is 2.96. The fourth-order valence-corrected chi connectivity index (χ4v) is 2.78. The first-order valence-corrected chi connectivity index (χ1v) is 7.00. The fraction of sp³-hybridized carbons (Fsp3) is 0.364. The number of nitrogens with zero attached hydrogens (tertiary/aromatic N) is 1. The Morgan fingerprint density at radius 2 is 2.31 bits per heavy atom. The van der Waals surface area contributed by atoms with Gasteiger partial charge in [-0.1, -0.05) is 6.07 Å². The lowest BCUT2D eigenvalue weighted by Crippen LogP contribution is -2.27. The Bertz CT molecular complexity index is 383. The van der Waals surface area contributed by atoms with E-state index in [0.29, 0.717) is 0 Å². The number of thiophene rings is 1. The molecule has 0 spiro atoms. The van der Waals surface area contributed by atoms with Crippen molar-refractivity contribution in [3.05, 3.63) is 39.0 Å². The highest BCUT2D eigenvalue weighted by Crippen LogP contribution is 2.15. The minimum atomic E-state index is 0.108. The number of hydrogen-bond donors (Lipinski definition) is 2. The van der Waals surface area contributed by atoms with Gasteiger partial charge in [0.05, 0.1) is 11.0 Å². The maximum absolute atomic E-state index is 6.03. The molecule has 2 aromatic rings. The molecule has 0 radical (unpaired) electrons. The summed E-state index contributed by atoms with van der Waals surface area (Å²) in [5.41, 5.74) is 6.03. The highest BCUT2D eigenvalue weighted by atomic mass is 32.1. The van der Waals surface area contributed by atoms with Gasteiger partial charge < -0.3 is 11.1 Å². The van der Waals surface area contributed by atoms with E-state index in [-0.39, 0.29) is 6.04 Å². The molecule has 1 atom stereocenters.